The Morgan fingerprint density at radius 3 is 2.44 bits per heavy atom. The Kier molecular flexibility index (Phi) is 4.35. The fourth-order valence-corrected chi connectivity index (χ4v) is 2.68. The third-order valence-electron chi connectivity index (χ3n) is 4.20. The lowest BCUT2D eigenvalue weighted by Gasteiger charge is -2.12. The Labute approximate surface area is 144 Å². The number of anilines is 1. The third kappa shape index (κ3) is 3.15. The molecule has 0 aliphatic carbocycles. The van der Waals surface area contributed by atoms with Crippen LogP contribution in [-0.4, -0.2) is 15.5 Å². The van der Waals surface area contributed by atoms with E-state index in [9.17, 15) is 14.0 Å². The van der Waals surface area contributed by atoms with Crippen molar-refractivity contribution < 1.29 is 9.18 Å². The highest BCUT2D eigenvalue weighted by Crippen LogP contribution is 2.17. The number of hydrogen-bond acceptors (Lipinski definition) is 3. The fraction of sp³-hybridized carbons (Fsp3) is 0.211. The molecule has 5 nitrogen and oxygen atoms in total. The van der Waals surface area contributed by atoms with Gasteiger partial charge >= 0.3 is 0 Å². The zero-order valence-electron chi connectivity index (χ0n) is 14.3. The summed E-state index contributed by atoms with van der Waals surface area (Å²) in [4.78, 5) is 29.5. The molecule has 0 saturated heterocycles. The van der Waals surface area contributed by atoms with Crippen molar-refractivity contribution in [2.45, 2.75) is 27.3 Å². The number of halogens is 1. The van der Waals surface area contributed by atoms with Crippen LogP contribution >= 0.6 is 0 Å². The highest BCUT2D eigenvalue weighted by Gasteiger charge is 2.18. The number of nitrogens with one attached hydrogen (secondary N) is 1. The van der Waals surface area contributed by atoms with Crippen molar-refractivity contribution in [2.75, 3.05) is 5.32 Å². The molecule has 0 fully saturated rings. The molecule has 25 heavy (non-hydrogen) atoms. The van der Waals surface area contributed by atoms with E-state index in [2.05, 4.69) is 10.3 Å². The van der Waals surface area contributed by atoms with Gasteiger partial charge in [0.05, 0.1) is 11.0 Å². The van der Waals surface area contributed by atoms with Crippen LogP contribution in [0.25, 0.3) is 11.0 Å². The van der Waals surface area contributed by atoms with Gasteiger partial charge in [0.15, 0.2) is 5.69 Å². The maximum absolute atomic E-state index is 13.0. The molecule has 0 aliphatic heterocycles. The molecule has 6 heteroatoms. The Morgan fingerprint density at radius 2 is 1.80 bits per heavy atom. The van der Waals surface area contributed by atoms with Gasteiger partial charge in [-0.1, -0.05) is 0 Å². The second kappa shape index (κ2) is 6.47. The molecule has 3 aromatic rings. The van der Waals surface area contributed by atoms with Crippen LogP contribution in [0, 0.1) is 19.7 Å². The topological polar surface area (TPSA) is 64.0 Å². The van der Waals surface area contributed by atoms with E-state index in [4.69, 9.17) is 0 Å². The molecule has 0 aliphatic rings. The van der Waals surface area contributed by atoms with Gasteiger partial charge in [0.1, 0.15) is 5.82 Å². The summed E-state index contributed by atoms with van der Waals surface area (Å²) in [5.41, 5.74) is 3.16. The Morgan fingerprint density at radius 1 is 1.16 bits per heavy atom. The van der Waals surface area contributed by atoms with Gasteiger partial charge in [-0.15, -0.1) is 0 Å². The zero-order chi connectivity index (χ0) is 18.1. The molecular formula is C19H18FN3O2. The number of benzene rings is 2. The normalized spacial score (nSPS) is 10.9. The van der Waals surface area contributed by atoms with Crippen molar-refractivity contribution in [3.8, 4) is 0 Å². The van der Waals surface area contributed by atoms with Crippen LogP contribution in [0.15, 0.2) is 41.2 Å². The maximum atomic E-state index is 13.0. The number of aromatic nitrogens is 2. The number of carbonyl (C=O) groups excluding carboxylic acids is 1. The summed E-state index contributed by atoms with van der Waals surface area (Å²) in [6.45, 7) is 6.19. The van der Waals surface area contributed by atoms with Gasteiger partial charge in [-0.2, -0.15) is 0 Å². The first-order valence-electron chi connectivity index (χ1n) is 7.99. The molecule has 1 heterocycles. The van der Waals surface area contributed by atoms with Crippen molar-refractivity contribution in [3.05, 3.63) is 69.4 Å². The fourth-order valence-electron chi connectivity index (χ4n) is 2.68. The average Bonchev–Trinajstić information content (AvgIpc) is 2.58. The van der Waals surface area contributed by atoms with Crippen LogP contribution < -0.4 is 10.9 Å². The first kappa shape index (κ1) is 16.8. The van der Waals surface area contributed by atoms with Crippen molar-refractivity contribution in [1.82, 2.24) is 9.55 Å². The van der Waals surface area contributed by atoms with E-state index in [0.717, 1.165) is 11.1 Å². The van der Waals surface area contributed by atoms with E-state index in [1.165, 1.54) is 28.8 Å². The van der Waals surface area contributed by atoms with E-state index in [-0.39, 0.29) is 5.69 Å². The molecule has 0 spiro atoms. The molecular weight excluding hydrogens is 321 g/mol. The summed E-state index contributed by atoms with van der Waals surface area (Å²) in [5.74, 6) is -1.01. The molecule has 1 amide bonds. The molecule has 0 radical (unpaired) electrons. The van der Waals surface area contributed by atoms with Gasteiger partial charge in [0, 0.05) is 12.2 Å². The van der Waals surface area contributed by atoms with Crippen LogP contribution in [0.5, 0.6) is 0 Å². The van der Waals surface area contributed by atoms with E-state index in [1.807, 2.05) is 32.9 Å². The predicted octanol–water partition coefficient (Wildman–Crippen LogP) is 3.42. The Hall–Kier alpha value is -3.02. The number of carbonyl (C=O) groups is 1. The lowest BCUT2D eigenvalue weighted by Crippen LogP contribution is -2.31. The number of nitrogens with zero attached hydrogens (tertiary/aromatic N) is 2. The highest BCUT2D eigenvalue weighted by molar-refractivity contribution is 6.03. The quantitative estimate of drug-likeness (QED) is 0.795. The number of rotatable bonds is 3. The number of hydrogen-bond donors (Lipinski definition) is 1. The lowest BCUT2D eigenvalue weighted by molar-refractivity contribution is 0.102. The monoisotopic (exact) mass is 339 g/mol. The van der Waals surface area contributed by atoms with Gasteiger partial charge < -0.3 is 9.88 Å². The largest absolute Gasteiger partial charge is 0.320 e. The third-order valence-corrected chi connectivity index (χ3v) is 4.20. The highest BCUT2D eigenvalue weighted by atomic mass is 19.1. The summed E-state index contributed by atoms with van der Waals surface area (Å²) in [6, 6.07) is 9.11. The summed E-state index contributed by atoms with van der Waals surface area (Å²) in [5, 5.41) is 2.59. The van der Waals surface area contributed by atoms with Crippen molar-refractivity contribution in [3.63, 3.8) is 0 Å². The van der Waals surface area contributed by atoms with Gasteiger partial charge in [0.2, 0.25) is 0 Å². The van der Waals surface area contributed by atoms with E-state index in [0.29, 0.717) is 23.3 Å². The molecule has 2 aromatic carbocycles. The van der Waals surface area contributed by atoms with E-state index in [1.54, 1.807) is 0 Å². The van der Waals surface area contributed by atoms with Crippen molar-refractivity contribution in [1.29, 1.82) is 0 Å². The van der Waals surface area contributed by atoms with Crippen molar-refractivity contribution >= 4 is 22.6 Å². The minimum atomic E-state index is -0.612. The summed E-state index contributed by atoms with van der Waals surface area (Å²) >= 11 is 0. The number of amides is 1. The first-order chi connectivity index (χ1) is 11.9. The van der Waals surface area contributed by atoms with Gasteiger partial charge in [-0.05, 0) is 68.3 Å². The zero-order valence-corrected chi connectivity index (χ0v) is 14.3. The number of fused-ring (bicyclic) bond motifs is 1. The van der Waals surface area contributed by atoms with Gasteiger partial charge in [-0.3, -0.25) is 9.59 Å². The second-order valence-corrected chi connectivity index (χ2v) is 5.90. The molecule has 128 valence electrons. The summed E-state index contributed by atoms with van der Waals surface area (Å²) in [7, 11) is 0. The molecule has 0 saturated carbocycles. The van der Waals surface area contributed by atoms with Crippen LogP contribution in [-0.2, 0) is 6.54 Å². The maximum Gasteiger partial charge on any atom is 0.282 e. The molecule has 0 unspecified atom stereocenters. The smallest absolute Gasteiger partial charge is 0.282 e. The Balaban J connectivity index is 2.10. The van der Waals surface area contributed by atoms with Crippen LogP contribution in [0.1, 0.15) is 28.5 Å². The molecule has 0 bridgehead atoms. The SMILES string of the molecule is CCn1c(=O)c(C(=O)Nc2ccc(F)cc2)nc2cc(C)c(C)cc21. The van der Waals surface area contributed by atoms with Crippen LogP contribution in [0.3, 0.4) is 0 Å². The van der Waals surface area contributed by atoms with Gasteiger partial charge in [0.25, 0.3) is 11.5 Å². The molecule has 0 atom stereocenters. The van der Waals surface area contributed by atoms with E-state index >= 15 is 0 Å². The standard InChI is InChI=1S/C19H18FN3O2/c1-4-23-16-10-12(3)11(2)9-15(16)22-17(19(23)25)18(24)21-14-7-5-13(20)6-8-14/h5-10H,4H2,1-3H3,(H,21,24). The van der Waals surface area contributed by atoms with Gasteiger partial charge in [-0.25, -0.2) is 9.37 Å². The molecule has 1 N–H and O–H groups in total. The molecule has 1 aromatic heterocycles. The molecule has 3 rings (SSSR count). The van der Waals surface area contributed by atoms with Crippen molar-refractivity contribution in [2.24, 2.45) is 0 Å². The van der Waals surface area contributed by atoms with E-state index < -0.39 is 17.3 Å². The second-order valence-electron chi connectivity index (χ2n) is 5.90. The summed E-state index contributed by atoms with van der Waals surface area (Å²) < 4.78 is 14.5. The first-order valence-corrected chi connectivity index (χ1v) is 7.99. The number of aryl methyl sites for hydroxylation is 3. The summed E-state index contributed by atoms with van der Waals surface area (Å²) in [6.07, 6.45) is 0. The predicted molar refractivity (Wildman–Crippen MR) is 95.5 cm³/mol. The minimum Gasteiger partial charge on any atom is -0.320 e. The lowest BCUT2D eigenvalue weighted by atomic mass is 10.1. The van der Waals surface area contributed by atoms with Crippen LogP contribution in [0.4, 0.5) is 10.1 Å². The Bertz CT molecular complexity index is 1020. The van der Waals surface area contributed by atoms with Crippen LogP contribution in [0.2, 0.25) is 0 Å². The minimum absolute atomic E-state index is 0.179. The average molecular weight is 339 g/mol.